The van der Waals surface area contributed by atoms with Crippen LogP contribution in [0.15, 0.2) is 30.9 Å². The molecule has 1 aromatic rings. The minimum absolute atomic E-state index is 0.0361. The predicted molar refractivity (Wildman–Crippen MR) is 97.4 cm³/mol. The molecule has 25 heavy (non-hydrogen) atoms. The van der Waals surface area contributed by atoms with Crippen molar-refractivity contribution in [1.82, 2.24) is 0 Å². The number of allylic oxidation sites excluding steroid dienone is 1. The molecule has 5 atom stereocenters. The Labute approximate surface area is 150 Å². The molecule has 0 heterocycles. The monoisotopic (exact) mass is 340 g/mol. The first-order valence-corrected chi connectivity index (χ1v) is 9.53. The molecular formula is C22H28O3. The lowest BCUT2D eigenvalue weighted by Gasteiger charge is -2.57. The minimum Gasteiger partial charge on any atom is -0.508 e. The van der Waals surface area contributed by atoms with Gasteiger partial charge in [-0.1, -0.05) is 19.1 Å². The molecule has 0 bridgehead atoms. The van der Waals surface area contributed by atoms with E-state index in [1.807, 2.05) is 12.1 Å². The van der Waals surface area contributed by atoms with E-state index in [1.165, 1.54) is 18.1 Å². The molecule has 3 nitrogen and oxygen atoms in total. The van der Waals surface area contributed by atoms with Crippen molar-refractivity contribution in [3.05, 3.63) is 42.0 Å². The molecule has 3 aliphatic rings. The summed E-state index contributed by atoms with van der Waals surface area (Å²) in [4.78, 5) is 11.6. The third-order valence-electron chi connectivity index (χ3n) is 7.54. The van der Waals surface area contributed by atoms with E-state index in [0.717, 1.165) is 38.5 Å². The van der Waals surface area contributed by atoms with Gasteiger partial charge < -0.3 is 9.84 Å². The first-order valence-electron chi connectivity index (χ1n) is 9.53. The summed E-state index contributed by atoms with van der Waals surface area (Å²) in [6.45, 7) is 8.12. The Morgan fingerprint density at radius 3 is 2.84 bits per heavy atom. The lowest BCUT2D eigenvalue weighted by molar-refractivity contribution is -0.156. The van der Waals surface area contributed by atoms with Crippen LogP contribution in [0.4, 0.5) is 0 Å². The third kappa shape index (κ3) is 2.28. The highest BCUT2D eigenvalue weighted by atomic mass is 16.5. The van der Waals surface area contributed by atoms with Crippen LogP contribution < -0.4 is 0 Å². The molecule has 1 N–H and O–H groups in total. The third-order valence-corrected chi connectivity index (χ3v) is 7.54. The maximum atomic E-state index is 11.6. The van der Waals surface area contributed by atoms with Crippen LogP contribution in [-0.2, 0) is 16.0 Å². The first kappa shape index (κ1) is 16.7. The molecule has 0 amide bonds. The molecule has 0 aliphatic heterocycles. The minimum atomic E-state index is -0.161. The van der Waals surface area contributed by atoms with Gasteiger partial charge in [-0.3, -0.25) is 4.79 Å². The summed E-state index contributed by atoms with van der Waals surface area (Å²) >= 11 is 0. The van der Waals surface area contributed by atoms with Crippen LogP contribution in [-0.4, -0.2) is 17.2 Å². The van der Waals surface area contributed by atoms with Gasteiger partial charge in [0.2, 0.25) is 0 Å². The van der Waals surface area contributed by atoms with E-state index >= 15 is 0 Å². The number of phenolic OH excluding ortho intramolecular Hbond substituents is 1. The molecule has 4 rings (SSSR count). The molecule has 0 spiro atoms. The van der Waals surface area contributed by atoms with Crippen molar-refractivity contribution in [2.75, 3.05) is 0 Å². The van der Waals surface area contributed by atoms with Crippen LogP contribution in [0.2, 0.25) is 0 Å². The highest BCUT2D eigenvalue weighted by molar-refractivity contribution is 5.66. The number of carbonyl (C=O) groups excluding carboxylic acids is 1. The zero-order chi connectivity index (χ0) is 17.8. The fraction of sp³-hybridized carbons (Fsp3) is 0.591. The van der Waals surface area contributed by atoms with E-state index in [1.54, 1.807) is 0 Å². The van der Waals surface area contributed by atoms with E-state index in [0.29, 0.717) is 17.6 Å². The molecule has 3 heteroatoms. The molecule has 0 radical (unpaired) electrons. The van der Waals surface area contributed by atoms with Crippen molar-refractivity contribution >= 4 is 5.97 Å². The summed E-state index contributed by atoms with van der Waals surface area (Å²) < 4.78 is 5.73. The van der Waals surface area contributed by atoms with Gasteiger partial charge >= 0.3 is 5.97 Å². The fourth-order valence-corrected chi connectivity index (χ4v) is 6.46. The maximum Gasteiger partial charge on any atom is 0.302 e. The quantitative estimate of drug-likeness (QED) is 0.625. The fourth-order valence-electron chi connectivity index (χ4n) is 6.46. The zero-order valence-corrected chi connectivity index (χ0v) is 15.3. The highest BCUT2D eigenvalue weighted by Crippen LogP contribution is 2.67. The number of benzene rings is 1. The summed E-state index contributed by atoms with van der Waals surface area (Å²) in [5, 5.41) is 9.85. The molecule has 0 saturated heterocycles. The van der Waals surface area contributed by atoms with Gasteiger partial charge in [0, 0.05) is 12.3 Å². The standard InChI is InChI=1S/C22H28O3/c1-4-22-12-9-15-13-16(24)5-6-17(15)18(22)10-11-21(3)19(22)7-8-20(21)25-14(2)23/h4-6,13,18-20,24H,1,7-12H2,2-3H3/t18-,19-,20+,21+,22-/m1/s1. The van der Waals surface area contributed by atoms with E-state index < -0.39 is 0 Å². The average Bonchev–Trinajstić information content (AvgIpc) is 2.91. The van der Waals surface area contributed by atoms with Crippen LogP contribution in [0, 0.1) is 16.7 Å². The number of esters is 1. The van der Waals surface area contributed by atoms with Crippen molar-refractivity contribution in [3.63, 3.8) is 0 Å². The number of ether oxygens (including phenoxy) is 1. The largest absolute Gasteiger partial charge is 0.508 e. The van der Waals surface area contributed by atoms with Crippen LogP contribution >= 0.6 is 0 Å². The number of phenols is 1. The zero-order valence-electron chi connectivity index (χ0n) is 15.3. The molecular weight excluding hydrogens is 312 g/mol. The Hall–Kier alpha value is -1.77. The normalized spacial score (nSPS) is 39.0. The van der Waals surface area contributed by atoms with Crippen LogP contribution in [0.5, 0.6) is 5.75 Å². The maximum absolute atomic E-state index is 11.6. The van der Waals surface area contributed by atoms with Gasteiger partial charge in [-0.15, -0.1) is 6.58 Å². The van der Waals surface area contributed by atoms with E-state index in [2.05, 4.69) is 25.6 Å². The second-order valence-corrected chi connectivity index (χ2v) is 8.52. The topological polar surface area (TPSA) is 46.5 Å². The first-order chi connectivity index (χ1) is 11.9. The summed E-state index contributed by atoms with van der Waals surface area (Å²) in [7, 11) is 0. The Morgan fingerprint density at radius 2 is 2.12 bits per heavy atom. The van der Waals surface area contributed by atoms with Crippen LogP contribution in [0.1, 0.15) is 63.0 Å². The van der Waals surface area contributed by atoms with E-state index in [-0.39, 0.29) is 22.9 Å². The van der Waals surface area contributed by atoms with Crippen LogP contribution in [0.25, 0.3) is 0 Å². The number of hydrogen-bond donors (Lipinski definition) is 1. The number of hydrogen-bond acceptors (Lipinski definition) is 3. The molecule has 0 aromatic heterocycles. The predicted octanol–water partition coefficient (Wildman–Crippen LogP) is 4.74. The smallest absolute Gasteiger partial charge is 0.302 e. The van der Waals surface area contributed by atoms with Gasteiger partial charge in [0.25, 0.3) is 0 Å². The molecule has 1 aromatic carbocycles. The molecule has 3 aliphatic carbocycles. The highest BCUT2D eigenvalue weighted by Gasteiger charge is 2.61. The number of aryl methyl sites for hydroxylation is 1. The van der Waals surface area contributed by atoms with E-state index in [4.69, 9.17) is 4.74 Å². The molecule has 134 valence electrons. The molecule has 0 unspecified atom stereocenters. The van der Waals surface area contributed by atoms with Crippen molar-refractivity contribution < 1.29 is 14.6 Å². The summed E-state index contributed by atoms with van der Waals surface area (Å²) in [6, 6.07) is 5.88. The Balaban J connectivity index is 1.75. The number of aromatic hydroxyl groups is 1. The van der Waals surface area contributed by atoms with Crippen LogP contribution in [0.3, 0.4) is 0 Å². The summed E-state index contributed by atoms with van der Waals surface area (Å²) in [6.07, 6.45) is 8.54. The Bertz CT molecular complexity index is 724. The SMILES string of the molecule is C=C[C@@]12CCc3cc(O)ccc3[C@H]1CC[C@]1(C)[C@@H](OC(C)=O)CC[C@H]12. The molecule has 2 fully saturated rings. The summed E-state index contributed by atoms with van der Waals surface area (Å²) in [5.41, 5.74) is 2.80. The lowest BCUT2D eigenvalue weighted by atomic mass is 9.47. The molecule has 2 saturated carbocycles. The van der Waals surface area contributed by atoms with E-state index in [9.17, 15) is 9.90 Å². The van der Waals surface area contributed by atoms with Gasteiger partial charge in [0.05, 0.1) is 0 Å². The van der Waals surface area contributed by atoms with Crippen molar-refractivity contribution in [2.24, 2.45) is 16.7 Å². The van der Waals surface area contributed by atoms with Gasteiger partial charge in [0.15, 0.2) is 0 Å². The van der Waals surface area contributed by atoms with Gasteiger partial charge in [-0.2, -0.15) is 0 Å². The van der Waals surface area contributed by atoms with Crippen molar-refractivity contribution in [1.29, 1.82) is 0 Å². The average molecular weight is 340 g/mol. The van der Waals surface area contributed by atoms with Crippen molar-refractivity contribution in [2.45, 2.75) is 64.4 Å². The number of rotatable bonds is 2. The second-order valence-electron chi connectivity index (χ2n) is 8.52. The lowest BCUT2D eigenvalue weighted by Crippen LogP contribution is -2.51. The van der Waals surface area contributed by atoms with Gasteiger partial charge in [0.1, 0.15) is 11.9 Å². The number of fused-ring (bicyclic) bond motifs is 5. The Morgan fingerprint density at radius 1 is 1.32 bits per heavy atom. The van der Waals surface area contributed by atoms with Gasteiger partial charge in [-0.05, 0) is 79.0 Å². The van der Waals surface area contributed by atoms with Crippen molar-refractivity contribution in [3.8, 4) is 5.75 Å². The number of carbonyl (C=O) groups is 1. The second kappa shape index (κ2) is 5.62. The summed E-state index contributed by atoms with van der Waals surface area (Å²) in [5.74, 6) is 1.17. The Kier molecular flexibility index (Phi) is 3.75. The van der Waals surface area contributed by atoms with Gasteiger partial charge in [-0.25, -0.2) is 0 Å².